The van der Waals surface area contributed by atoms with E-state index in [1.54, 1.807) is 18.2 Å². The quantitative estimate of drug-likeness (QED) is 0.801. The highest BCUT2D eigenvalue weighted by Crippen LogP contribution is 2.18. The zero-order chi connectivity index (χ0) is 14.0. The molecule has 0 aliphatic rings. The number of nitrogens with zero attached hydrogens (tertiary/aromatic N) is 2. The van der Waals surface area contributed by atoms with E-state index in [9.17, 15) is 9.59 Å². The predicted octanol–water partition coefficient (Wildman–Crippen LogP) is 1.66. The van der Waals surface area contributed by atoms with Crippen molar-refractivity contribution < 1.29 is 14.0 Å². The standard InChI is InChI=1S/C12H13ClN2O4/c1-14(18-2)11(16)5-6-15-9-4-3-8(13)7-10(9)19-12(15)17/h3-4,7H,5-6H2,1-2H3. The maximum Gasteiger partial charge on any atom is 0.419 e. The lowest BCUT2D eigenvalue weighted by Crippen LogP contribution is -2.27. The van der Waals surface area contributed by atoms with Crippen molar-refractivity contribution in [2.24, 2.45) is 0 Å². The molecule has 1 amide bonds. The number of fused-ring (bicyclic) bond motifs is 1. The van der Waals surface area contributed by atoms with Crippen LogP contribution in [0.2, 0.25) is 5.02 Å². The molecule has 1 aromatic carbocycles. The van der Waals surface area contributed by atoms with Gasteiger partial charge in [-0.2, -0.15) is 0 Å². The summed E-state index contributed by atoms with van der Waals surface area (Å²) in [7, 11) is 2.91. The molecule has 102 valence electrons. The largest absolute Gasteiger partial charge is 0.419 e. The molecule has 6 nitrogen and oxygen atoms in total. The van der Waals surface area contributed by atoms with Gasteiger partial charge in [0.2, 0.25) is 5.91 Å². The normalized spacial score (nSPS) is 10.9. The second kappa shape index (κ2) is 5.46. The molecular formula is C12H13ClN2O4. The van der Waals surface area contributed by atoms with E-state index in [4.69, 9.17) is 20.9 Å². The topological polar surface area (TPSA) is 64.7 Å². The van der Waals surface area contributed by atoms with Crippen molar-refractivity contribution in [1.29, 1.82) is 0 Å². The summed E-state index contributed by atoms with van der Waals surface area (Å²) in [5.41, 5.74) is 1.02. The number of hydroxylamine groups is 2. The summed E-state index contributed by atoms with van der Waals surface area (Å²) < 4.78 is 6.46. The number of aromatic nitrogens is 1. The number of carbonyl (C=O) groups is 1. The molecule has 2 aromatic rings. The number of aryl methyl sites for hydroxylation is 1. The van der Waals surface area contributed by atoms with Gasteiger partial charge in [-0.25, -0.2) is 9.86 Å². The molecule has 0 saturated carbocycles. The highest BCUT2D eigenvalue weighted by atomic mass is 35.5. The van der Waals surface area contributed by atoms with Gasteiger partial charge in [-0.05, 0) is 12.1 Å². The highest BCUT2D eigenvalue weighted by Gasteiger charge is 2.13. The number of oxazole rings is 1. The molecule has 0 aliphatic heterocycles. The Morgan fingerprint density at radius 1 is 1.53 bits per heavy atom. The summed E-state index contributed by atoms with van der Waals surface area (Å²) in [5, 5.41) is 1.60. The lowest BCUT2D eigenvalue weighted by molar-refractivity contribution is -0.168. The first-order chi connectivity index (χ1) is 9.02. The SMILES string of the molecule is CON(C)C(=O)CCn1c(=O)oc2cc(Cl)ccc21. The molecule has 0 fully saturated rings. The number of carbonyl (C=O) groups excluding carboxylic acids is 1. The fraction of sp³-hybridized carbons (Fsp3) is 0.333. The summed E-state index contributed by atoms with van der Waals surface area (Å²) in [5.74, 6) is -0.733. The van der Waals surface area contributed by atoms with E-state index in [1.165, 1.54) is 18.7 Å². The van der Waals surface area contributed by atoms with Crippen molar-refractivity contribution in [2.45, 2.75) is 13.0 Å². The third-order valence-corrected chi connectivity index (χ3v) is 3.04. The molecule has 1 aromatic heterocycles. The first kappa shape index (κ1) is 13.6. The zero-order valence-electron chi connectivity index (χ0n) is 10.6. The van der Waals surface area contributed by atoms with Gasteiger partial charge < -0.3 is 4.42 Å². The molecule has 0 unspecified atom stereocenters. The fourth-order valence-electron chi connectivity index (χ4n) is 1.72. The van der Waals surface area contributed by atoms with Gasteiger partial charge in [-0.1, -0.05) is 11.6 Å². The first-order valence-corrected chi connectivity index (χ1v) is 6.00. The zero-order valence-corrected chi connectivity index (χ0v) is 11.3. The van der Waals surface area contributed by atoms with Crippen molar-refractivity contribution in [2.75, 3.05) is 14.2 Å². The Morgan fingerprint density at radius 2 is 2.26 bits per heavy atom. The van der Waals surface area contributed by atoms with Crippen molar-refractivity contribution in [3.05, 3.63) is 33.8 Å². The van der Waals surface area contributed by atoms with Gasteiger partial charge >= 0.3 is 5.76 Å². The van der Waals surface area contributed by atoms with E-state index >= 15 is 0 Å². The molecule has 2 rings (SSSR count). The van der Waals surface area contributed by atoms with Gasteiger partial charge in [0.15, 0.2) is 5.58 Å². The molecule has 1 heterocycles. The van der Waals surface area contributed by atoms with Crippen LogP contribution in [-0.4, -0.2) is 29.7 Å². The molecule has 0 N–H and O–H groups in total. The molecule has 0 atom stereocenters. The molecule has 0 aliphatic carbocycles. The van der Waals surface area contributed by atoms with Crippen molar-refractivity contribution in [1.82, 2.24) is 9.63 Å². The molecule has 0 radical (unpaired) electrons. The summed E-state index contributed by atoms with van der Waals surface area (Å²) in [6.45, 7) is 0.222. The number of hydrogen-bond acceptors (Lipinski definition) is 4. The van der Waals surface area contributed by atoms with Gasteiger partial charge in [-0.3, -0.25) is 14.2 Å². The van der Waals surface area contributed by atoms with E-state index in [0.717, 1.165) is 5.06 Å². The Morgan fingerprint density at radius 3 is 2.95 bits per heavy atom. The van der Waals surface area contributed by atoms with Crippen LogP contribution in [0.25, 0.3) is 11.1 Å². The van der Waals surface area contributed by atoms with Gasteiger partial charge in [0.25, 0.3) is 0 Å². The summed E-state index contributed by atoms with van der Waals surface area (Å²) in [6.07, 6.45) is 0.140. The molecule has 0 bridgehead atoms. The number of halogens is 1. The number of benzene rings is 1. The lowest BCUT2D eigenvalue weighted by atomic mass is 10.3. The van der Waals surface area contributed by atoms with Crippen molar-refractivity contribution in [3.8, 4) is 0 Å². The monoisotopic (exact) mass is 284 g/mol. The highest BCUT2D eigenvalue weighted by molar-refractivity contribution is 6.31. The van der Waals surface area contributed by atoms with Crippen LogP contribution in [0.5, 0.6) is 0 Å². The van der Waals surface area contributed by atoms with E-state index in [2.05, 4.69) is 0 Å². The van der Waals surface area contributed by atoms with Crippen LogP contribution in [-0.2, 0) is 16.2 Å². The van der Waals surface area contributed by atoms with Gasteiger partial charge in [0.1, 0.15) is 0 Å². The molecule has 0 spiro atoms. The van der Waals surface area contributed by atoms with Crippen molar-refractivity contribution >= 4 is 28.6 Å². The summed E-state index contributed by atoms with van der Waals surface area (Å²) >= 11 is 5.82. The maximum atomic E-state index is 11.7. The Balaban J connectivity index is 2.24. The number of hydrogen-bond donors (Lipinski definition) is 0. The van der Waals surface area contributed by atoms with E-state index in [1.807, 2.05) is 0 Å². The van der Waals surface area contributed by atoms with Crippen LogP contribution >= 0.6 is 11.6 Å². The molecule has 0 saturated heterocycles. The average Bonchev–Trinajstić information content (AvgIpc) is 2.69. The second-order valence-corrected chi connectivity index (χ2v) is 4.39. The van der Waals surface area contributed by atoms with Crippen LogP contribution in [0.4, 0.5) is 0 Å². The first-order valence-electron chi connectivity index (χ1n) is 5.62. The lowest BCUT2D eigenvalue weighted by Gasteiger charge is -2.13. The third-order valence-electron chi connectivity index (χ3n) is 2.80. The predicted molar refractivity (Wildman–Crippen MR) is 69.9 cm³/mol. The Hall–Kier alpha value is -1.79. The van der Waals surface area contributed by atoms with Crippen LogP contribution in [0, 0.1) is 0 Å². The van der Waals surface area contributed by atoms with Gasteiger partial charge in [-0.15, -0.1) is 0 Å². The minimum atomic E-state index is -0.509. The van der Waals surface area contributed by atoms with Crippen molar-refractivity contribution in [3.63, 3.8) is 0 Å². The fourth-order valence-corrected chi connectivity index (χ4v) is 1.88. The molecule has 19 heavy (non-hydrogen) atoms. The van der Waals surface area contributed by atoms with Crippen LogP contribution in [0.3, 0.4) is 0 Å². The number of amides is 1. The second-order valence-electron chi connectivity index (χ2n) is 3.96. The van der Waals surface area contributed by atoms with Crippen LogP contribution in [0.1, 0.15) is 6.42 Å². The maximum absolute atomic E-state index is 11.7. The smallest absolute Gasteiger partial charge is 0.408 e. The van der Waals surface area contributed by atoms with Gasteiger partial charge in [0.05, 0.1) is 12.6 Å². The Labute approximate surface area is 114 Å². The molecular weight excluding hydrogens is 272 g/mol. The Bertz CT molecular complexity index is 661. The summed E-state index contributed by atoms with van der Waals surface area (Å²) in [4.78, 5) is 28.1. The van der Waals surface area contributed by atoms with E-state index in [0.29, 0.717) is 16.1 Å². The van der Waals surface area contributed by atoms with E-state index < -0.39 is 5.76 Å². The third kappa shape index (κ3) is 2.80. The number of rotatable bonds is 4. The van der Waals surface area contributed by atoms with E-state index in [-0.39, 0.29) is 18.9 Å². The van der Waals surface area contributed by atoms with Gasteiger partial charge in [0, 0.05) is 31.1 Å². The Kier molecular flexibility index (Phi) is 3.92. The minimum Gasteiger partial charge on any atom is -0.408 e. The van der Waals surface area contributed by atoms with Crippen LogP contribution in [0.15, 0.2) is 27.4 Å². The molecule has 7 heteroatoms. The average molecular weight is 285 g/mol. The minimum absolute atomic E-state index is 0.140. The summed E-state index contributed by atoms with van der Waals surface area (Å²) in [6, 6.07) is 4.92. The van der Waals surface area contributed by atoms with Crippen LogP contribution < -0.4 is 5.76 Å².